The van der Waals surface area contributed by atoms with Gasteiger partial charge in [0, 0.05) is 32.0 Å². The Kier molecular flexibility index (Phi) is 8.30. The molecule has 0 atom stereocenters. The maximum absolute atomic E-state index is 6.81. The van der Waals surface area contributed by atoms with Crippen LogP contribution < -0.4 is 10.4 Å². The van der Waals surface area contributed by atoms with E-state index in [9.17, 15) is 0 Å². The molecule has 3 nitrogen and oxygen atoms in total. The molecule has 8 aromatic carbocycles. The molecule has 2 aromatic heterocycles. The Morgan fingerprint density at radius 2 is 1.34 bits per heavy atom. The lowest BCUT2D eigenvalue weighted by atomic mass is 9.95. The minimum Gasteiger partial charge on any atom is -0.456 e. The molecule has 0 saturated heterocycles. The first-order valence-electron chi connectivity index (χ1n) is 19.7. The lowest BCUT2D eigenvalue weighted by Gasteiger charge is -2.11. The van der Waals surface area contributed by atoms with E-state index in [4.69, 9.17) is 9.41 Å². The zero-order valence-electron chi connectivity index (χ0n) is 31.7. The SMILES string of the molecule is C=Nc1c(/C(=N\Cc2cc(-c3ccc(C4=c5ccccc5=CCC=C4)cc3)cc3c2oc2cc4ccccc4cc23)c2ccc3ccccc3c2)sc2ccccc12. The highest BCUT2D eigenvalue weighted by atomic mass is 32.1. The van der Waals surface area contributed by atoms with Crippen LogP contribution >= 0.6 is 11.3 Å². The van der Waals surface area contributed by atoms with Crippen molar-refractivity contribution in [1.29, 1.82) is 0 Å². The number of hydrogen-bond donors (Lipinski definition) is 0. The van der Waals surface area contributed by atoms with E-state index >= 15 is 0 Å². The van der Waals surface area contributed by atoms with Gasteiger partial charge in [-0.25, -0.2) is 0 Å². The normalized spacial score (nSPS) is 13.0. The largest absolute Gasteiger partial charge is 0.456 e. The number of nitrogens with zero attached hydrogens (tertiary/aromatic N) is 2. The van der Waals surface area contributed by atoms with E-state index in [1.807, 2.05) is 0 Å². The summed E-state index contributed by atoms with van der Waals surface area (Å²) >= 11 is 1.71. The minimum atomic E-state index is 0.407. The maximum atomic E-state index is 6.81. The molecule has 0 amide bonds. The Hall–Kier alpha value is -7.14. The van der Waals surface area contributed by atoms with Gasteiger partial charge in [0.25, 0.3) is 0 Å². The van der Waals surface area contributed by atoms with Crippen LogP contribution in [0.15, 0.2) is 190 Å². The molecule has 0 unspecified atom stereocenters. The lowest BCUT2D eigenvalue weighted by molar-refractivity contribution is 0.663. The first-order chi connectivity index (χ1) is 28.7. The molecule has 58 heavy (non-hydrogen) atoms. The van der Waals surface area contributed by atoms with Gasteiger partial charge in [0.2, 0.25) is 0 Å². The number of benzene rings is 8. The number of rotatable bonds is 7. The third-order valence-electron chi connectivity index (χ3n) is 11.4. The highest BCUT2D eigenvalue weighted by molar-refractivity contribution is 7.21. The Morgan fingerprint density at radius 3 is 2.19 bits per heavy atom. The standard InChI is InChI=1S/C54H36N2OS/c1-55-52-46-20-10-11-21-50(46)58-54(52)51(41-27-24-34-12-2-3-15-38(34)28-41)56-33-43-29-42(31-48-47-30-39-16-4-5-17-40(39)32-49(47)57-53(43)48)35-22-25-37(26-23-35)45-19-9-7-14-36-13-6-8-18-44(36)45/h2-6,8-32H,1,7,33H2/b56-51-. The number of hydrogen-bond acceptors (Lipinski definition) is 4. The maximum Gasteiger partial charge on any atom is 0.140 e. The topological polar surface area (TPSA) is 37.9 Å². The molecule has 0 aliphatic heterocycles. The zero-order valence-corrected chi connectivity index (χ0v) is 32.5. The molecule has 0 radical (unpaired) electrons. The predicted octanol–water partition coefficient (Wildman–Crippen LogP) is 13.1. The van der Waals surface area contributed by atoms with Crippen molar-refractivity contribution >= 4 is 94.7 Å². The van der Waals surface area contributed by atoms with Crippen LogP contribution in [-0.4, -0.2) is 12.4 Å². The van der Waals surface area contributed by atoms with E-state index < -0.39 is 0 Å². The van der Waals surface area contributed by atoms with Gasteiger partial charge >= 0.3 is 0 Å². The quantitative estimate of drug-likeness (QED) is 0.149. The molecular formula is C54H36N2OS. The van der Waals surface area contributed by atoms with Gasteiger partial charge in [-0.2, -0.15) is 0 Å². The highest BCUT2D eigenvalue weighted by Gasteiger charge is 2.20. The molecule has 10 aromatic rings. The van der Waals surface area contributed by atoms with E-state index in [2.05, 4.69) is 194 Å². The van der Waals surface area contributed by atoms with Crippen molar-refractivity contribution in [2.75, 3.05) is 0 Å². The fourth-order valence-corrected chi connectivity index (χ4v) is 9.74. The molecule has 11 rings (SSSR count). The molecule has 0 saturated carbocycles. The van der Waals surface area contributed by atoms with Crippen LogP contribution in [0.3, 0.4) is 0 Å². The molecule has 1 aliphatic carbocycles. The van der Waals surface area contributed by atoms with Gasteiger partial charge in [0.1, 0.15) is 11.2 Å². The second-order valence-electron chi connectivity index (χ2n) is 14.9. The number of thiophene rings is 1. The van der Waals surface area contributed by atoms with Gasteiger partial charge in [-0.15, -0.1) is 11.3 Å². The average molecular weight is 761 g/mol. The van der Waals surface area contributed by atoms with Gasteiger partial charge in [0.15, 0.2) is 0 Å². The van der Waals surface area contributed by atoms with Crippen molar-refractivity contribution in [3.05, 3.63) is 208 Å². The van der Waals surface area contributed by atoms with Gasteiger partial charge < -0.3 is 4.42 Å². The van der Waals surface area contributed by atoms with Crippen LogP contribution in [0.25, 0.3) is 76.3 Å². The molecular weight excluding hydrogens is 725 g/mol. The average Bonchev–Trinajstić information content (AvgIpc) is 3.75. The fourth-order valence-electron chi connectivity index (χ4n) is 8.55. The van der Waals surface area contributed by atoms with Gasteiger partial charge in [0.05, 0.1) is 22.8 Å². The molecule has 4 heteroatoms. The minimum absolute atomic E-state index is 0.407. The predicted molar refractivity (Wildman–Crippen MR) is 247 cm³/mol. The number of fused-ring (bicyclic) bond motifs is 7. The Labute approximate surface area is 339 Å². The molecule has 2 heterocycles. The summed E-state index contributed by atoms with van der Waals surface area (Å²) in [5.74, 6) is 0. The summed E-state index contributed by atoms with van der Waals surface area (Å²) in [6.07, 6.45) is 7.73. The first kappa shape index (κ1) is 34.1. The van der Waals surface area contributed by atoms with Crippen LogP contribution in [0.4, 0.5) is 5.69 Å². The zero-order chi connectivity index (χ0) is 38.6. The van der Waals surface area contributed by atoms with Gasteiger partial charge in [-0.1, -0.05) is 146 Å². The van der Waals surface area contributed by atoms with Gasteiger partial charge in [-0.05, 0) is 104 Å². The third kappa shape index (κ3) is 5.89. The number of allylic oxidation sites excluding steroid dienone is 2. The van der Waals surface area contributed by atoms with Crippen molar-refractivity contribution < 1.29 is 4.42 Å². The van der Waals surface area contributed by atoms with Crippen molar-refractivity contribution in [2.45, 2.75) is 13.0 Å². The summed E-state index contributed by atoms with van der Waals surface area (Å²) in [6.45, 7) is 4.43. The number of aliphatic imine (C=N–C) groups is 2. The van der Waals surface area contributed by atoms with Crippen molar-refractivity contribution in [2.24, 2.45) is 9.98 Å². The summed E-state index contributed by atoms with van der Waals surface area (Å²) in [5, 5.41) is 10.5. The summed E-state index contributed by atoms with van der Waals surface area (Å²) in [7, 11) is 0. The molecule has 0 N–H and O–H groups in total. The Morgan fingerprint density at radius 1 is 0.621 bits per heavy atom. The first-order valence-corrected chi connectivity index (χ1v) is 20.5. The second-order valence-corrected chi connectivity index (χ2v) is 15.9. The molecule has 0 spiro atoms. The summed E-state index contributed by atoms with van der Waals surface area (Å²) in [6, 6.07) is 58.6. The Bertz CT molecular complexity index is 3470. The smallest absolute Gasteiger partial charge is 0.140 e. The fraction of sp³-hybridized carbons (Fsp3) is 0.0370. The van der Waals surface area contributed by atoms with E-state index in [0.29, 0.717) is 6.54 Å². The summed E-state index contributed by atoms with van der Waals surface area (Å²) < 4.78 is 7.97. The van der Waals surface area contributed by atoms with Crippen LogP contribution in [0.1, 0.15) is 28.0 Å². The van der Waals surface area contributed by atoms with Crippen molar-refractivity contribution in [1.82, 2.24) is 0 Å². The monoisotopic (exact) mass is 760 g/mol. The van der Waals surface area contributed by atoms with Crippen LogP contribution in [0, 0.1) is 0 Å². The number of furan rings is 1. The van der Waals surface area contributed by atoms with E-state index in [-0.39, 0.29) is 0 Å². The third-order valence-corrected chi connectivity index (χ3v) is 12.6. The van der Waals surface area contributed by atoms with Crippen LogP contribution in [0.2, 0.25) is 0 Å². The second kappa shape index (κ2) is 14.1. The summed E-state index contributed by atoms with van der Waals surface area (Å²) in [5.41, 5.74) is 10.3. The molecule has 274 valence electrons. The van der Waals surface area contributed by atoms with Crippen LogP contribution in [-0.2, 0) is 6.54 Å². The molecule has 0 bridgehead atoms. The van der Waals surface area contributed by atoms with Crippen molar-refractivity contribution in [3.63, 3.8) is 0 Å². The summed E-state index contributed by atoms with van der Waals surface area (Å²) in [4.78, 5) is 11.1. The van der Waals surface area contributed by atoms with E-state index in [1.165, 1.54) is 37.7 Å². The van der Waals surface area contributed by atoms with E-state index in [1.54, 1.807) is 11.3 Å². The van der Waals surface area contributed by atoms with Gasteiger partial charge in [-0.3, -0.25) is 9.98 Å². The molecule has 0 fully saturated rings. The molecule has 1 aliphatic rings. The lowest BCUT2D eigenvalue weighted by Crippen LogP contribution is -2.25. The van der Waals surface area contributed by atoms with Crippen molar-refractivity contribution in [3.8, 4) is 11.1 Å². The van der Waals surface area contributed by atoms with Crippen LogP contribution in [0.5, 0.6) is 0 Å². The highest BCUT2D eigenvalue weighted by Crippen LogP contribution is 2.41. The Balaban J connectivity index is 1.10. The van der Waals surface area contributed by atoms with E-state index in [0.717, 1.165) is 82.4 Å².